The van der Waals surface area contributed by atoms with Crippen molar-refractivity contribution in [2.75, 3.05) is 6.61 Å². The van der Waals surface area contributed by atoms with E-state index in [1.807, 2.05) is 18.4 Å². The molecule has 0 aliphatic carbocycles. The third-order valence-electron chi connectivity index (χ3n) is 2.99. The monoisotopic (exact) mass is 334 g/mol. The van der Waals surface area contributed by atoms with Crippen molar-refractivity contribution < 1.29 is 19.4 Å². The second-order valence-electron chi connectivity index (χ2n) is 4.87. The molecule has 1 heterocycles. The summed E-state index contributed by atoms with van der Waals surface area (Å²) in [6.45, 7) is 2.00. The number of aryl methyl sites for hydroxylation is 1. The minimum atomic E-state index is -1.03. The quantitative estimate of drug-likeness (QED) is 0.771. The minimum Gasteiger partial charge on any atom is -0.482 e. The summed E-state index contributed by atoms with van der Waals surface area (Å²) in [5, 5.41) is 14.3. The van der Waals surface area contributed by atoms with Crippen LogP contribution >= 0.6 is 11.3 Å². The first-order valence-electron chi connectivity index (χ1n) is 7.20. The summed E-state index contributed by atoms with van der Waals surface area (Å²) in [5.41, 5.74) is 1.62. The van der Waals surface area contributed by atoms with E-state index in [-0.39, 0.29) is 18.9 Å². The SMILES string of the molecule is CCc1nc(CC(=O)NCc2cccc(OCC(=O)O)c2)cs1. The highest BCUT2D eigenvalue weighted by atomic mass is 32.1. The second kappa shape index (κ2) is 8.28. The average Bonchev–Trinajstić information content (AvgIpc) is 2.99. The lowest BCUT2D eigenvalue weighted by atomic mass is 10.2. The lowest BCUT2D eigenvalue weighted by molar-refractivity contribution is -0.139. The first-order chi connectivity index (χ1) is 11.1. The van der Waals surface area contributed by atoms with Gasteiger partial charge in [-0.1, -0.05) is 19.1 Å². The maximum Gasteiger partial charge on any atom is 0.341 e. The number of amides is 1. The van der Waals surface area contributed by atoms with Crippen LogP contribution in [0.5, 0.6) is 5.75 Å². The summed E-state index contributed by atoms with van der Waals surface area (Å²) in [6, 6.07) is 6.98. The normalized spacial score (nSPS) is 10.3. The second-order valence-corrected chi connectivity index (χ2v) is 5.81. The fourth-order valence-corrected chi connectivity index (χ4v) is 2.66. The van der Waals surface area contributed by atoms with Crippen molar-refractivity contribution in [2.24, 2.45) is 0 Å². The lowest BCUT2D eigenvalue weighted by Crippen LogP contribution is -2.24. The third kappa shape index (κ3) is 5.71. The Bertz CT molecular complexity index is 684. The van der Waals surface area contributed by atoms with Crippen LogP contribution in [-0.2, 0) is 29.0 Å². The molecule has 0 atom stereocenters. The highest BCUT2D eigenvalue weighted by molar-refractivity contribution is 7.09. The summed E-state index contributed by atoms with van der Waals surface area (Å²) in [4.78, 5) is 26.8. The van der Waals surface area contributed by atoms with E-state index in [9.17, 15) is 9.59 Å². The number of carboxylic acid groups (broad SMARTS) is 1. The van der Waals surface area contributed by atoms with Gasteiger partial charge < -0.3 is 15.2 Å². The Morgan fingerprint density at radius 2 is 2.22 bits per heavy atom. The van der Waals surface area contributed by atoms with Gasteiger partial charge in [-0.15, -0.1) is 11.3 Å². The summed E-state index contributed by atoms with van der Waals surface area (Å²) < 4.78 is 5.10. The Morgan fingerprint density at radius 1 is 1.39 bits per heavy atom. The van der Waals surface area contributed by atoms with Crippen LogP contribution in [0, 0.1) is 0 Å². The molecule has 1 aromatic heterocycles. The molecule has 122 valence electrons. The molecular formula is C16H18N2O4S. The highest BCUT2D eigenvalue weighted by Crippen LogP contribution is 2.13. The van der Waals surface area contributed by atoms with Crippen molar-refractivity contribution in [1.82, 2.24) is 10.3 Å². The van der Waals surface area contributed by atoms with E-state index in [1.165, 1.54) is 0 Å². The van der Waals surface area contributed by atoms with Crippen molar-refractivity contribution in [2.45, 2.75) is 26.3 Å². The number of thiazole rings is 1. The number of hydrogen-bond donors (Lipinski definition) is 2. The van der Waals surface area contributed by atoms with Crippen LogP contribution in [0.2, 0.25) is 0 Å². The van der Waals surface area contributed by atoms with Crippen LogP contribution < -0.4 is 10.1 Å². The van der Waals surface area contributed by atoms with Crippen LogP contribution in [-0.4, -0.2) is 28.6 Å². The van der Waals surface area contributed by atoms with E-state index >= 15 is 0 Å². The number of nitrogens with one attached hydrogen (secondary N) is 1. The van der Waals surface area contributed by atoms with Gasteiger partial charge in [0.2, 0.25) is 5.91 Å². The maximum absolute atomic E-state index is 11.9. The van der Waals surface area contributed by atoms with Crippen molar-refractivity contribution in [3.8, 4) is 5.75 Å². The predicted octanol–water partition coefficient (Wildman–Crippen LogP) is 2.03. The van der Waals surface area contributed by atoms with E-state index in [4.69, 9.17) is 9.84 Å². The Morgan fingerprint density at radius 3 is 2.91 bits per heavy atom. The van der Waals surface area contributed by atoms with E-state index in [1.54, 1.807) is 29.5 Å². The number of aliphatic carboxylic acids is 1. The number of rotatable bonds is 8. The van der Waals surface area contributed by atoms with E-state index in [2.05, 4.69) is 10.3 Å². The van der Waals surface area contributed by atoms with Crippen molar-refractivity contribution in [3.05, 3.63) is 45.9 Å². The zero-order valence-corrected chi connectivity index (χ0v) is 13.6. The number of carbonyl (C=O) groups is 2. The molecule has 0 bridgehead atoms. The van der Waals surface area contributed by atoms with Crippen molar-refractivity contribution >= 4 is 23.2 Å². The highest BCUT2D eigenvalue weighted by Gasteiger charge is 2.07. The van der Waals surface area contributed by atoms with Gasteiger partial charge in [-0.25, -0.2) is 9.78 Å². The molecule has 1 amide bonds. The van der Waals surface area contributed by atoms with Crippen molar-refractivity contribution in [3.63, 3.8) is 0 Å². The van der Waals surface area contributed by atoms with Crippen LogP contribution in [0.3, 0.4) is 0 Å². The van der Waals surface area contributed by atoms with E-state index < -0.39 is 5.97 Å². The number of aromatic nitrogens is 1. The Kier molecular flexibility index (Phi) is 6.10. The van der Waals surface area contributed by atoms with E-state index in [0.29, 0.717) is 12.3 Å². The number of nitrogens with zero attached hydrogens (tertiary/aromatic N) is 1. The van der Waals surface area contributed by atoms with Gasteiger partial charge in [-0.2, -0.15) is 0 Å². The van der Waals surface area contributed by atoms with Gasteiger partial charge >= 0.3 is 5.97 Å². The van der Waals surface area contributed by atoms with Gasteiger partial charge in [0.05, 0.1) is 17.1 Å². The van der Waals surface area contributed by atoms with E-state index in [0.717, 1.165) is 22.7 Å². The summed E-state index contributed by atoms with van der Waals surface area (Å²) >= 11 is 1.56. The number of carbonyl (C=O) groups excluding carboxylic acids is 1. The predicted molar refractivity (Wildman–Crippen MR) is 86.6 cm³/mol. The zero-order chi connectivity index (χ0) is 16.7. The molecule has 0 radical (unpaired) electrons. The topological polar surface area (TPSA) is 88.5 Å². The summed E-state index contributed by atoms with van der Waals surface area (Å²) in [7, 11) is 0. The van der Waals surface area contributed by atoms with Crippen LogP contribution in [0.25, 0.3) is 0 Å². The molecule has 23 heavy (non-hydrogen) atoms. The summed E-state index contributed by atoms with van der Waals surface area (Å²) in [5.74, 6) is -0.667. The van der Waals surface area contributed by atoms with Gasteiger partial charge in [0, 0.05) is 11.9 Å². The molecule has 0 spiro atoms. The molecule has 1 aromatic carbocycles. The molecule has 6 nitrogen and oxygen atoms in total. The van der Waals surface area contributed by atoms with Gasteiger partial charge in [-0.05, 0) is 24.1 Å². The molecule has 0 aliphatic rings. The molecule has 0 unspecified atom stereocenters. The fourth-order valence-electron chi connectivity index (χ4n) is 1.91. The molecule has 0 saturated carbocycles. The molecule has 0 saturated heterocycles. The fraction of sp³-hybridized carbons (Fsp3) is 0.312. The largest absolute Gasteiger partial charge is 0.482 e. The lowest BCUT2D eigenvalue weighted by Gasteiger charge is -2.07. The smallest absolute Gasteiger partial charge is 0.341 e. The Labute approximate surface area is 138 Å². The molecular weight excluding hydrogens is 316 g/mol. The molecule has 2 rings (SSSR count). The first-order valence-corrected chi connectivity index (χ1v) is 8.08. The van der Waals surface area contributed by atoms with Crippen LogP contribution in [0.1, 0.15) is 23.2 Å². The van der Waals surface area contributed by atoms with Gasteiger partial charge in [-0.3, -0.25) is 4.79 Å². The number of hydrogen-bond acceptors (Lipinski definition) is 5. The summed E-state index contributed by atoms with van der Waals surface area (Å²) in [6.07, 6.45) is 1.13. The molecule has 2 aromatic rings. The number of ether oxygens (including phenoxy) is 1. The zero-order valence-electron chi connectivity index (χ0n) is 12.7. The molecule has 7 heteroatoms. The van der Waals surface area contributed by atoms with Gasteiger partial charge in [0.25, 0.3) is 0 Å². The third-order valence-corrected chi connectivity index (χ3v) is 4.04. The number of carboxylic acids is 1. The first kappa shape index (κ1) is 17.0. The molecule has 0 fully saturated rings. The maximum atomic E-state index is 11.9. The Balaban J connectivity index is 1.83. The van der Waals surface area contributed by atoms with Gasteiger partial charge in [0.15, 0.2) is 6.61 Å². The van der Waals surface area contributed by atoms with Crippen molar-refractivity contribution in [1.29, 1.82) is 0 Å². The van der Waals surface area contributed by atoms with Crippen LogP contribution in [0.15, 0.2) is 29.6 Å². The number of benzene rings is 1. The van der Waals surface area contributed by atoms with Gasteiger partial charge in [0.1, 0.15) is 5.75 Å². The standard InChI is InChI=1S/C16H18N2O4S/c1-2-15-18-12(10-23-15)7-14(19)17-8-11-4-3-5-13(6-11)22-9-16(20)21/h3-6,10H,2,7-9H2,1H3,(H,17,19)(H,20,21). The minimum absolute atomic E-state index is 0.102. The Hall–Kier alpha value is -2.41. The molecule has 0 aliphatic heterocycles. The van der Waals surface area contributed by atoms with Crippen LogP contribution in [0.4, 0.5) is 0 Å². The molecule has 2 N–H and O–H groups in total. The average molecular weight is 334 g/mol.